The monoisotopic (exact) mass is 494 g/mol. The van der Waals surface area contributed by atoms with E-state index in [2.05, 4.69) is 0 Å². The number of benzene rings is 4. The average molecular weight is 495 g/mol. The zero-order valence-electron chi connectivity index (χ0n) is 19.6. The standard InChI is InChI=1S/C29H25F3O2S/c1-20-4-12-24(13-5-20)28(3,29(30,31)32)25-14-8-22(9-15-25)23-10-18-27(19-11-23)35(33,34)26-16-6-21(2)7-17-26/h4-19H,1-3H3. The fraction of sp³-hybridized carbons (Fsp3) is 0.172. The molecule has 1 atom stereocenters. The summed E-state index contributed by atoms with van der Waals surface area (Å²) in [6.07, 6.45) is -4.49. The molecule has 6 heteroatoms. The minimum atomic E-state index is -4.49. The van der Waals surface area contributed by atoms with Gasteiger partial charge in [0.15, 0.2) is 0 Å². The van der Waals surface area contributed by atoms with Gasteiger partial charge in [-0.3, -0.25) is 0 Å². The summed E-state index contributed by atoms with van der Waals surface area (Å²) in [5.41, 5.74) is 1.41. The fourth-order valence-electron chi connectivity index (χ4n) is 4.06. The molecule has 0 spiro atoms. The molecule has 0 fully saturated rings. The van der Waals surface area contributed by atoms with Crippen molar-refractivity contribution < 1.29 is 21.6 Å². The lowest BCUT2D eigenvalue weighted by Crippen LogP contribution is -2.40. The number of sulfone groups is 1. The summed E-state index contributed by atoms with van der Waals surface area (Å²) in [6, 6.07) is 25.6. The molecule has 4 aromatic carbocycles. The Morgan fingerprint density at radius 3 is 1.26 bits per heavy atom. The topological polar surface area (TPSA) is 34.1 Å². The Balaban J connectivity index is 1.65. The molecule has 180 valence electrons. The Hall–Kier alpha value is -3.38. The first-order valence-electron chi connectivity index (χ1n) is 11.1. The van der Waals surface area contributed by atoms with Crippen LogP contribution in [0, 0.1) is 13.8 Å². The smallest absolute Gasteiger partial charge is 0.219 e. The van der Waals surface area contributed by atoms with Crippen LogP contribution in [0.5, 0.6) is 0 Å². The maximum atomic E-state index is 14.3. The zero-order valence-corrected chi connectivity index (χ0v) is 20.4. The predicted molar refractivity (Wildman–Crippen MR) is 132 cm³/mol. The van der Waals surface area contributed by atoms with Gasteiger partial charge < -0.3 is 0 Å². The van der Waals surface area contributed by atoms with Crippen LogP contribution in [0.3, 0.4) is 0 Å². The normalized spacial score (nSPS) is 13.9. The third kappa shape index (κ3) is 4.63. The second kappa shape index (κ2) is 9.00. The Morgan fingerprint density at radius 1 is 0.543 bits per heavy atom. The van der Waals surface area contributed by atoms with Crippen LogP contribution >= 0.6 is 0 Å². The lowest BCUT2D eigenvalue weighted by atomic mass is 9.75. The third-order valence-electron chi connectivity index (χ3n) is 6.49. The largest absolute Gasteiger partial charge is 0.402 e. The second-order valence-electron chi connectivity index (χ2n) is 8.91. The summed E-state index contributed by atoms with van der Waals surface area (Å²) in [5.74, 6) is 0. The number of alkyl halides is 3. The molecule has 0 heterocycles. The van der Waals surface area contributed by atoms with Gasteiger partial charge >= 0.3 is 6.18 Å². The molecule has 4 rings (SSSR count). The molecule has 0 bridgehead atoms. The van der Waals surface area contributed by atoms with Gasteiger partial charge in [-0.2, -0.15) is 13.2 Å². The van der Waals surface area contributed by atoms with Gasteiger partial charge in [-0.15, -0.1) is 0 Å². The van der Waals surface area contributed by atoms with Gasteiger partial charge in [-0.25, -0.2) is 8.42 Å². The number of rotatable bonds is 5. The van der Waals surface area contributed by atoms with Crippen molar-refractivity contribution in [1.29, 1.82) is 0 Å². The van der Waals surface area contributed by atoms with Crippen LogP contribution in [0.4, 0.5) is 13.2 Å². The molecule has 2 nitrogen and oxygen atoms in total. The van der Waals surface area contributed by atoms with Gasteiger partial charge in [-0.1, -0.05) is 83.9 Å². The Kier molecular flexibility index (Phi) is 6.36. The van der Waals surface area contributed by atoms with E-state index in [1.165, 1.54) is 43.3 Å². The first-order chi connectivity index (χ1) is 16.4. The third-order valence-corrected chi connectivity index (χ3v) is 8.27. The van der Waals surface area contributed by atoms with Crippen molar-refractivity contribution in [3.63, 3.8) is 0 Å². The number of hydrogen-bond acceptors (Lipinski definition) is 2. The van der Waals surface area contributed by atoms with Gasteiger partial charge in [0.25, 0.3) is 0 Å². The Bertz CT molecular complexity index is 1420. The highest BCUT2D eigenvalue weighted by Crippen LogP contribution is 2.46. The van der Waals surface area contributed by atoms with E-state index in [0.29, 0.717) is 11.1 Å². The SMILES string of the molecule is Cc1ccc(C(C)(c2ccc(-c3ccc(S(=O)(=O)c4ccc(C)cc4)cc3)cc2)C(F)(F)F)cc1. The highest BCUT2D eigenvalue weighted by molar-refractivity contribution is 7.91. The molecule has 0 amide bonds. The predicted octanol–water partition coefficient (Wildman–Crippen LogP) is 7.67. The fourth-order valence-corrected chi connectivity index (χ4v) is 5.32. The molecule has 0 aliphatic carbocycles. The summed E-state index contributed by atoms with van der Waals surface area (Å²) in [6.45, 7) is 4.91. The highest BCUT2D eigenvalue weighted by Gasteiger charge is 2.53. The highest BCUT2D eigenvalue weighted by atomic mass is 32.2. The van der Waals surface area contributed by atoms with Crippen LogP contribution in [0.2, 0.25) is 0 Å². The molecule has 35 heavy (non-hydrogen) atoms. The first kappa shape index (κ1) is 24.7. The van der Waals surface area contributed by atoms with Crippen molar-refractivity contribution in [1.82, 2.24) is 0 Å². The van der Waals surface area contributed by atoms with E-state index in [4.69, 9.17) is 0 Å². The van der Waals surface area contributed by atoms with Gasteiger partial charge in [0.05, 0.1) is 9.79 Å². The van der Waals surface area contributed by atoms with Crippen molar-refractivity contribution in [2.75, 3.05) is 0 Å². The Labute approximate surface area is 204 Å². The number of halogens is 3. The van der Waals surface area contributed by atoms with Gasteiger partial charge in [0.2, 0.25) is 9.84 Å². The lowest BCUT2D eigenvalue weighted by Gasteiger charge is -2.33. The van der Waals surface area contributed by atoms with E-state index in [-0.39, 0.29) is 20.9 Å². The maximum Gasteiger partial charge on any atom is 0.402 e. The maximum absolute atomic E-state index is 14.3. The summed E-state index contributed by atoms with van der Waals surface area (Å²) < 4.78 is 68.6. The van der Waals surface area contributed by atoms with Crippen LogP contribution in [-0.4, -0.2) is 14.6 Å². The van der Waals surface area contributed by atoms with Crippen molar-refractivity contribution in [2.24, 2.45) is 0 Å². The van der Waals surface area contributed by atoms with Crippen LogP contribution in [0.15, 0.2) is 107 Å². The van der Waals surface area contributed by atoms with Crippen LogP contribution in [0.1, 0.15) is 29.2 Å². The van der Waals surface area contributed by atoms with Crippen molar-refractivity contribution in [3.8, 4) is 11.1 Å². The zero-order chi connectivity index (χ0) is 25.4. The van der Waals surface area contributed by atoms with E-state index in [1.807, 2.05) is 13.8 Å². The Morgan fingerprint density at radius 2 is 0.857 bits per heavy atom. The molecule has 0 saturated heterocycles. The number of aryl methyl sites for hydroxylation is 2. The minimum Gasteiger partial charge on any atom is -0.219 e. The van der Waals surface area contributed by atoms with Crippen molar-refractivity contribution >= 4 is 9.84 Å². The van der Waals surface area contributed by atoms with E-state index < -0.39 is 21.4 Å². The number of hydrogen-bond donors (Lipinski definition) is 0. The van der Waals surface area contributed by atoms with Gasteiger partial charge in [0.1, 0.15) is 5.41 Å². The van der Waals surface area contributed by atoms with Crippen LogP contribution in [0.25, 0.3) is 11.1 Å². The molecule has 0 saturated carbocycles. The molecule has 1 unspecified atom stereocenters. The van der Waals surface area contributed by atoms with E-state index >= 15 is 0 Å². The lowest BCUT2D eigenvalue weighted by molar-refractivity contribution is -0.173. The van der Waals surface area contributed by atoms with E-state index in [0.717, 1.165) is 11.1 Å². The summed E-state index contributed by atoms with van der Waals surface area (Å²) in [5, 5.41) is 0. The first-order valence-corrected chi connectivity index (χ1v) is 12.6. The summed E-state index contributed by atoms with van der Waals surface area (Å²) in [7, 11) is -3.66. The van der Waals surface area contributed by atoms with Crippen molar-refractivity contribution in [3.05, 3.63) is 119 Å². The minimum absolute atomic E-state index is 0.135. The molecule has 0 aliphatic heterocycles. The summed E-state index contributed by atoms with van der Waals surface area (Å²) in [4.78, 5) is 0.369. The molecule has 4 aromatic rings. The molecular formula is C29H25F3O2S. The van der Waals surface area contributed by atoms with Gasteiger partial charge in [-0.05, 0) is 67.3 Å². The second-order valence-corrected chi connectivity index (χ2v) is 10.9. The average Bonchev–Trinajstić information content (AvgIpc) is 2.84. The van der Waals surface area contributed by atoms with E-state index in [9.17, 15) is 21.6 Å². The molecule has 0 aromatic heterocycles. The molecule has 0 aliphatic rings. The molecule has 0 N–H and O–H groups in total. The van der Waals surface area contributed by atoms with Crippen LogP contribution in [-0.2, 0) is 15.3 Å². The van der Waals surface area contributed by atoms with Crippen molar-refractivity contribution in [2.45, 2.75) is 42.2 Å². The molecular weight excluding hydrogens is 469 g/mol. The quantitative estimate of drug-likeness (QED) is 0.285. The van der Waals surface area contributed by atoms with Gasteiger partial charge in [0, 0.05) is 0 Å². The van der Waals surface area contributed by atoms with E-state index in [1.54, 1.807) is 60.7 Å². The molecule has 0 radical (unpaired) electrons. The summed E-state index contributed by atoms with van der Waals surface area (Å²) >= 11 is 0. The van der Waals surface area contributed by atoms with Crippen LogP contribution < -0.4 is 0 Å².